The van der Waals surface area contributed by atoms with Gasteiger partial charge in [0.1, 0.15) is 11.6 Å². The fourth-order valence-electron chi connectivity index (χ4n) is 6.01. The van der Waals surface area contributed by atoms with Crippen LogP contribution in [0.3, 0.4) is 0 Å². The van der Waals surface area contributed by atoms with Gasteiger partial charge in [0, 0.05) is 48.0 Å². The zero-order chi connectivity index (χ0) is 24.5. The average Bonchev–Trinajstić information content (AvgIpc) is 3.38. The third-order valence-electron chi connectivity index (χ3n) is 7.82. The van der Waals surface area contributed by atoms with Crippen LogP contribution in [0.25, 0.3) is 0 Å². The molecule has 3 fully saturated rings. The molecule has 3 saturated heterocycles. The summed E-state index contributed by atoms with van der Waals surface area (Å²) in [5, 5.41) is 6.38. The van der Waals surface area contributed by atoms with Crippen molar-refractivity contribution in [1.82, 2.24) is 20.5 Å². The maximum atomic E-state index is 13.0. The highest BCUT2D eigenvalue weighted by Crippen LogP contribution is 2.38. The minimum Gasteiger partial charge on any atom is -0.496 e. The van der Waals surface area contributed by atoms with Crippen LogP contribution in [-0.4, -0.2) is 73.1 Å². The number of ether oxygens (including phenoxy) is 1. The van der Waals surface area contributed by atoms with Crippen molar-refractivity contribution >= 4 is 17.6 Å². The molecule has 0 aliphatic carbocycles. The van der Waals surface area contributed by atoms with E-state index >= 15 is 0 Å². The van der Waals surface area contributed by atoms with Crippen LogP contribution in [-0.2, 0) is 0 Å². The van der Waals surface area contributed by atoms with Crippen LogP contribution in [0.1, 0.15) is 58.4 Å². The first kappa shape index (κ1) is 23.6. The number of likely N-dealkylation sites (N-methyl/N-ethyl adjacent to an activating group) is 1. The predicted octanol–water partition coefficient (Wildman–Crippen LogP) is 2.76. The van der Waals surface area contributed by atoms with Gasteiger partial charge in [-0.2, -0.15) is 0 Å². The number of piperidine rings is 1. The van der Waals surface area contributed by atoms with Crippen LogP contribution >= 0.6 is 0 Å². The Morgan fingerprint density at radius 1 is 1.00 bits per heavy atom. The minimum absolute atomic E-state index is 0.0406. The Morgan fingerprint density at radius 2 is 1.74 bits per heavy atom. The number of anilines is 1. The van der Waals surface area contributed by atoms with Gasteiger partial charge < -0.3 is 25.2 Å². The summed E-state index contributed by atoms with van der Waals surface area (Å²) in [6.45, 7) is 3.83. The number of nitrogens with one attached hydrogen (secondary N) is 2. The molecule has 1 aromatic heterocycles. The SMILES string of the molecule is COc1cccc(C(=O)N[C@H]2C[C@H]3CC[C@@H](C2)N3c2ccc(C(=O)N[C@@H]3CCN(C)C3)cn2)c1C. The van der Waals surface area contributed by atoms with Gasteiger partial charge in [0.05, 0.1) is 12.7 Å². The summed E-state index contributed by atoms with van der Waals surface area (Å²) in [6.07, 6.45) is 6.65. The molecule has 4 heterocycles. The average molecular weight is 478 g/mol. The lowest BCUT2D eigenvalue weighted by Crippen LogP contribution is -2.50. The lowest BCUT2D eigenvalue weighted by Gasteiger charge is -2.40. The van der Waals surface area contributed by atoms with E-state index < -0.39 is 0 Å². The summed E-state index contributed by atoms with van der Waals surface area (Å²) in [6, 6.07) is 10.5. The third kappa shape index (κ3) is 4.85. The van der Waals surface area contributed by atoms with Gasteiger partial charge in [-0.25, -0.2) is 4.98 Å². The predicted molar refractivity (Wildman–Crippen MR) is 135 cm³/mol. The van der Waals surface area contributed by atoms with Gasteiger partial charge in [-0.1, -0.05) is 6.07 Å². The maximum absolute atomic E-state index is 13.0. The van der Waals surface area contributed by atoms with Gasteiger partial charge in [-0.15, -0.1) is 0 Å². The van der Waals surface area contributed by atoms with Crippen LogP contribution in [0.15, 0.2) is 36.5 Å². The van der Waals surface area contributed by atoms with Crippen LogP contribution in [0.2, 0.25) is 0 Å². The van der Waals surface area contributed by atoms with E-state index in [0.717, 1.165) is 62.3 Å². The number of fused-ring (bicyclic) bond motifs is 2. The van der Waals surface area contributed by atoms with Gasteiger partial charge in [0.15, 0.2) is 0 Å². The highest BCUT2D eigenvalue weighted by molar-refractivity contribution is 5.96. The van der Waals surface area contributed by atoms with Crippen LogP contribution in [0.5, 0.6) is 5.75 Å². The van der Waals surface area contributed by atoms with E-state index in [1.165, 1.54) is 0 Å². The van der Waals surface area contributed by atoms with Crippen molar-refractivity contribution in [2.45, 2.75) is 63.2 Å². The number of amides is 2. The number of likely N-dealkylation sites (tertiary alicyclic amines) is 1. The number of nitrogens with zero attached hydrogens (tertiary/aromatic N) is 3. The standard InChI is InChI=1S/C27H35N5O3/c1-17-23(5-4-6-24(17)35-3)27(34)30-20-13-21-8-9-22(14-20)32(21)25-10-7-18(15-28-25)26(33)29-19-11-12-31(2)16-19/h4-7,10,15,19-22H,8-9,11-14,16H2,1-3H3,(H,29,33)(H,30,34)/t19-,20-,21+,22-/m1/s1. The number of hydrogen-bond acceptors (Lipinski definition) is 6. The molecule has 5 rings (SSSR count). The van der Waals surface area contributed by atoms with Crippen LogP contribution < -0.4 is 20.3 Å². The van der Waals surface area contributed by atoms with E-state index in [4.69, 9.17) is 4.74 Å². The molecule has 3 aliphatic heterocycles. The lowest BCUT2D eigenvalue weighted by molar-refractivity contribution is 0.0922. The smallest absolute Gasteiger partial charge is 0.253 e. The zero-order valence-corrected chi connectivity index (χ0v) is 20.8. The van der Waals surface area contributed by atoms with E-state index in [1.807, 2.05) is 37.3 Å². The van der Waals surface area contributed by atoms with Gasteiger partial charge in [-0.3, -0.25) is 9.59 Å². The summed E-state index contributed by atoms with van der Waals surface area (Å²) in [4.78, 5) is 34.9. The first-order chi connectivity index (χ1) is 16.9. The Balaban J connectivity index is 1.21. The Labute approximate surface area is 207 Å². The maximum Gasteiger partial charge on any atom is 0.253 e. The highest BCUT2D eigenvalue weighted by atomic mass is 16.5. The summed E-state index contributed by atoms with van der Waals surface area (Å²) < 4.78 is 5.37. The van der Waals surface area contributed by atoms with E-state index in [-0.39, 0.29) is 23.9 Å². The number of aromatic nitrogens is 1. The second-order valence-electron chi connectivity index (χ2n) is 10.2. The molecule has 3 aliphatic rings. The normalized spacial score (nSPS) is 26.0. The molecule has 1 aromatic carbocycles. The molecule has 186 valence electrons. The monoisotopic (exact) mass is 477 g/mol. The number of methoxy groups -OCH3 is 1. The van der Waals surface area contributed by atoms with Crippen molar-refractivity contribution in [2.24, 2.45) is 0 Å². The summed E-state index contributed by atoms with van der Waals surface area (Å²) >= 11 is 0. The fourth-order valence-corrected chi connectivity index (χ4v) is 6.01. The van der Waals surface area contributed by atoms with Crippen molar-refractivity contribution in [3.63, 3.8) is 0 Å². The fraction of sp³-hybridized carbons (Fsp3) is 0.519. The number of carbonyl (C=O) groups excluding carboxylic acids is 2. The van der Waals surface area contributed by atoms with Gasteiger partial charge in [0.25, 0.3) is 11.8 Å². The number of benzene rings is 1. The van der Waals surface area contributed by atoms with Crippen molar-refractivity contribution < 1.29 is 14.3 Å². The first-order valence-corrected chi connectivity index (χ1v) is 12.6. The van der Waals surface area contributed by atoms with Gasteiger partial charge in [-0.05, 0) is 76.9 Å². The van der Waals surface area contributed by atoms with Gasteiger partial charge >= 0.3 is 0 Å². The number of carbonyl (C=O) groups is 2. The molecular weight excluding hydrogens is 442 g/mol. The number of pyridine rings is 1. The largest absolute Gasteiger partial charge is 0.496 e. The van der Waals surface area contributed by atoms with Gasteiger partial charge in [0.2, 0.25) is 0 Å². The van der Waals surface area contributed by atoms with E-state index in [1.54, 1.807) is 13.3 Å². The van der Waals surface area contributed by atoms with E-state index in [2.05, 4.69) is 32.5 Å². The number of hydrogen-bond donors (Lipinski definition) is 2. The van der Waals surface area contributed by atoms with Crippen LogP contribution in [0.4, 0.5) is 5.82 Å². The van der Waals surface area contributed by atoms with Crippen molar-refractivity contribution in [2.75, 3.05) is 32.1 Å². The lowest BCUT2D eigenvalue weighted by atomic mass is 9.96. The molecule has 2 N–H and O–H groups in total. The van der Waals surface area contributed by atoms with Crippen molar-refractivity contribution in [1.29, 1.82) is 0 Å². The second kappa shape index (κ2) is 9.85. The quantitative estimate of drug-likeness (QED) is 0.666. The molecule has 0 spiro atoms. The molecule has 35 heavy (non-hydrogen) atoms. The molecule has 2 aromatic rings. The molecule has 8 heteroatoms. The molecular formula is C27H35N5O3. The van der Waals surface area contributed by atoms with Crippen molar-refractivity contribution in [3.8, 4) is 5.75 Å². The summed E-state index contributed by atoms with van der Waals surface area (Å²) in [5.74, 6) is 1.55. The first-order valence-electron chi connectivity index (χ1n) is 12.6. The molecule has 0 saturated carbocycles. The summed E-state index contributed by atoms with van der Waals surface area (Å²) in [5.41, 5.74) is 2.13. The van der Waals surface area contributed by atoms with Crippen LogP contribution in [0, 0.1) is 6.92 Å². The molecule has 0 radical (unpaired) electrons. The molecule has 0 unspecified atom stereocenters. The number of rotatable bonds is 6. The molecule has 4 atom stereocenters. The zero-order valence-electron chi connectivity index (χ0n) is 20.8. The molecule has 2 amide bonds. The molecule has 8 nitrogen and oxygen atoms in total. The highest BCUT2D eigenvalue weighted by Gasteiger charge is 2.42. The Kier molecular flexibility index (Phi) is 6.65. The minimum atomic E-state index is -0.0541. The summed E-state index contributed by atoms with van der Waals surface area (Å²) in [7, 11) is 3.70. The third-order valence-corrected chi connectivity index (χ3v) is 7.82. The Morgan fingerprint density at radius 3 is 2.37 bits per heavy atom. The molecule has 2 bridgehead atoms. The van der Waals surface area contributed by atoms with E-state index in [9.17, 15) is 9.59 Å². The Hall–Kier alpha value is -3.13. The Bertz CT molecular complexity index is 1070. The topological polar surface area (TPSA) is 86.8 Å². The second-order valence-corrected chi connectivity index (χ2v) is 10.2. The van der Waals surface area contributed by atoms with Crippen molar-refractivity contribution in [3.05, 3.63) is 53.2 Å². The van der Waals surface area contributed by atoms with E-state index in [0.29, 0.717) is 23.2 Å².